The number of para-hydroxylation sites is 1. The van der Waals surface area contributed by atoms with E-state index in [0.717, 1.165) is 16.2 Å². The van der Waals surface area contributed by atoms with Gasteiger partial charge in [-0.05, 0) is 48.7 Å². The molecule has 1 aliphatic rings. The highest BCUT2D eigenvalue weighted by molar-refractivity contribution is 7.10. The molecule has 9 nitrogen and oxygen atoms in total. The second-order valence-corrected chi connectivity index (χ2v) is 10.5. The van der Waals surface area contributed by atoms with E-state index in [2.05, 4.69) is 10.6 Å². The first-order valence-corrected chi connectivity index (χ1v) is 13.9. The Bertz CT molecular complexity index is 1330. The van der Waals surface area contributed by atoms with Crippen LogP contribution in [-0.4, -0.2) is 54.2 Å². The Hall–Kier alpha value is -4.25. The van der Waals surface area contributed by atoms with Crippen LogP contribution in [0.4, 0.5) is 4.39 Å². The highest BCUT2D eigenvalue weighted by atomic mass is 32.1. The third-order valence-corrected chi connectivity index (χ3v) is 7.60. The van der Waals surface area contributed by atoms with Gasteiger partial charge in [-0.1, -0.05) is 30.3 Å². The molecule has 0 bridgehead atoms. The van der Waals surface area contributed by atoms with Crippen LogP contribution in [0.5, 0.6) is 5.75 Å². The van der Waals surface area contributed by atoms with Gasteiger partial charge >= 0.3 is 0 Å². The van der Waals surface area contributed by atoms with Crippen molar-refractivity contribution in [1.29, 1.82) is 5.41 Å². The van der Waals surface area contributed by atoms with Crippen molar-refractivity contribution in [2.24, 2.45) is 5.73 Å². The number of hydrogen-bond acceptors (Lipinski definition) is 6. The normalized spacial score (nSPS) is 16.4. The van der Waals surface area contributed by atoms with Gasteiger partial charge in [-0.15, -0.1) is 11.3 Å². The molecule has 1 aromatic heterocycles. The van der Waals surface area contributed by atoms with Crippen LogP contribution in [0.25, 0.3) is 0 Å². The van der Waals surface area contributed by atoms with Gasteiger partial charge in [0.25, 0.3) is 0 Å². The molecule has 2 heterocycles. The molecule has 2 atom stereocenters. The van der Waals surface area contributed by atoms with Crippen molar-refractivity contribution in [3.8, 4) is 5.75 Å². The number of thiophene rings is 1. The Morgan fingerprint density at radius 3 is 2.55 bits per heavy atom. The van der Waals surface area contributed by atoms with E-state index >= 15 is 0 Å². The van der Waals surface area contributed by atoms with Crippen molar-refractivity contribution >= 4 is 34.9 Å². The number of likely N-dealkylation sites (tertiary alicyclic amines) is 1. The first-order valence-electron chi connectivity index (χ1n) is 13.0. The maximum Gasteiger partial charge on any atom is 0.243 e. The maximum atomic E-state index is 13.5. The highest BCUT2D eigenvalue weighted by Gasteiger charge is 2.40. The van der Waals surface area contributed by atoms with E-state index in [4.69, 9.17) is 15.9 Å². The SMILES string of the molecule is N=C(N)c1csc(CNC(=O)C2C[C@@H](c3ccc(F)cc3)CN2C(=O)CNC(=O)CCCOc2ccccc2)c1. The van der Waals surface area contributed by atoms with E-state index in [1.807, 2.05) is 30.3 Å². The van der Waals surface area contributed by atoms with E-state index in [-0.39, 0.29) is 61.3 Å². The van der Waals surface area contributed by atoms with Crippen LogP contribution in [0.3, 0.4) is 0 Å². The summed E-state index contributed by atoms with van der Waals surface area (Å²) in [6, 6.07) is 16.4. The lowest BCUT2D eigenvalue weighted by Gasteiger charge is -2.24. The van der Waals surface area contributed by atoms with Crippen molar-refractivity contribution in [3.05, 3.63) is 87.9 Å². The summed E-state index contributed by atoms with van der Waals surface area (Å²) in [5.74, 6) is -0.799. The fourth-order valence-electron chi connectivity index (χ4n) is 4.55. The Labute approximate surface area is 236 Å². The third-order valence-electron chi connectivity index (χ3n) is 6.66. The first kappa shape index (κ1) is 28.8. The molecule has 1 saturated heterocycles. The van der Waals surface area contributed by atoms with Crippen LogP contribution in [0.2, 0.25) is 0 Å². The summed E-state index contributed by atoms with van der Waals surface area (Å²) in [7, 11) is 0. The second-order valence-electron chi connectivity index (χ2n) is 9.52. The molecule has 4 rings (SSSR count). The number of nitrogens with two attached hydrogens (primary N) is 1. The number of nitrogens with zero attached hydrogens (tertiary/aromatic N) is 1. The molecule has 0 radical (unpaired) electrons. The van der Waals surface area contributed by atoms with Crippen LogP contribution < -0.4 is 21.1 Å². The largest absolute Gasteiger partial charge is 0.494 e. The van der Waals surface area contributed by atoms with Crippen LogP contribution in [-0.2, 0) is 20.9 Å². The van der Waals surface area contributed by atoms with Gasteiger partial charge in [0.2, 0.25) is 17.7 Å². The summed E-state index contributed by atoms with van der Waals surface area (Å²) < 4.78 is 19.1. The highest BCUT2D eigenvalue weighted by Crippen LogP contribution is 2.32. The number of hydrogen-bond donors (Lipinski definition) is 4. The quantitative estimate of drug-likeness (QED) is 0.152. The predicted octanol–water partition coefficient (Wildman–Crippen LogP) is 3.15. The number of carbonyl (C=O) groups excluding carboxylic acids is 3. The molecular formula is C29H32FN5O4S. The number of nitrogens with one attached hydrogen (secondary N) is 3. The number of ether oxygens (including phenoxy) is 1. The van der Waals surface area contributed by atoms with Crippen molar-refractivity contribution in [2.45, 2.75) is 37.8 Å². The molecule has 11 heteroatoms. The lowest BCUT2D eigenvalue weighted by molar-refractivity contribution is -0.138. The van der Waals surface area contributed by atoms with Crippen LogP contribution >= 0.6 is 11.3 Å². The Morgan fingerprint density at radius 1 is 1.10 bits per heavy atom. The van der Waals surface area contributed by atoms with E-state index in [1.165, 1.54) is 28.4 Å². The number of rotatable bonds is 12. The van der Waals surface area contributed by atoms with Gasteiger partial charge in [-0.3, -0.25) is 19.8 Å². The van der Waals surface area contributed by atoms with Gasteiger partial charge in [-0.2, -0.15) is 0 Å². The van der Waals surface area contributed by atoms with Crippen LogP contribution in [0.1, 0.15) is 41.2 Å². The summed E-state index contributed by atoms with van der Waals surface area (Å²) in [5.41, 5.74) is 6.94. The minimum atomic E-state index is -0.744. The minimum Gasteiger partial charge on any atom is -0.494 e. The molecule has 1 fully saturated rings. The Balaban J connectivity index is 1.32. The minimum absolute atomic E-state index is 0.0469. The van der Waals surface area contributed by atoms with Gasteiger partial charge in [0.15, 0.2) is 0 Å². The monoisotopic (exact) mass is 565 g/mol. The average molecular weight is 566 g/mol. The van der Waals surface area contributed by atoms with Crippen LogP contribution in [0, 0.1) is 11.2 Å². The number of carbonyl (C=O) groups is 3. The van der Waals surface area contributed by atoms with Gasteiger partial charge in [0, 0.05) is 34.7 Å². The maximum absolute atomic E-state index is 13.5. The molecule has 5 N–H and O–H groups in total. The fraction of sp³-hybridized carbons (Fsp3) is 0.310. The second kappa shape index (κ2) is 13.7. The van der Waals surface area contributed by atoms with Crippen molar-refractivity contribution in [1.82, 2.24) is 15.5 Å². The number of amides is 3. The zero-order valence-electron chi connectivity index (χ0n) is 21.9. The first-order chi connectivity index (χ1) is 19.3. The average Bonchev–Trinajstić information content (AvgIpc) is 3.62. The summed E-state index contributed by atoms with van der Waals surface area (Å²) in [6.07, 6.45) is 1.06. The summed E-state index contributed by atoms with van der Waals surface area (Å²) in [6.45, 7) is 0.650. The molecule has 0 aliphatic carbocycles. The van der Waals surface area contributed by atoms with Crippen molar-refractivity contribution in [3.63, 3.8) is 0 Å². The Kier molecular flexibility index (Phi) is 9.85. The molecular weight excluding hydrogens is 533 g/mol. The Morgan fingerprint density at radius 2 is 1.85 bits per heavy atom. The molecule has 40 heavy (non-hydrogen) atoms. The topological polar surface area (TPSA) is 138 Å². The fourth-order valence-corrected chi connectivity index (χ4v) is 5.37. The van der Waals surface area contributed by atoms with Crippen LogP contribution in [0.15, 0.2) is 66.0 Å². The zero-order valence-corrected chi connectivity index (χ0v) is 22.7. The number of benzene rings is 2. The van der Waals surface area contributed by atoms with E-state index in [9.17, 15) is 18.8 Å². The van der Waals surface area contributed by atoms with Gasteiger partial charge in [0.05, 0.1) is 19.7 Å². The molecule has 2 aromatic carbocycles. The molecule has 3 amide bonds. The lowest BCUT2D eigenvalue weighted by Crippen LogP contribution is -2.48. The van der Waals surface area contributed by atoms with Crippen molar-refractivity contribution < 1.29 is 23.5 Å². The van der Waals surface area contributed by atoms with Gasteiger partial charge < -0.3 is 26.0 Å². The van der Waals surface area contributed by atoms with E-state index < -0.39 is 6.04 Å². The summed E-state index contributed by atoms with van der Waals surface area (Å²) >= 11 is 1.38. The third kappa shape index (κ3) is 7.89. The molecule has 0 spiro atoms. The van der Waals surface area contributed by atoms with Crippen molar-refractivity contribution in [2.75, 3.05) is 19.7 Å². The standard InChI is InChI=1S/C29H32FN5O4S/c30-22-10-8-19(9-11-22)20-14-25(29(38)34-15-24-13-21(18-40-24)28(31)32)35(17-20)27(37)16-33-26(36)7-4-12-39-23-5-2-1-3-6-23/h1-3,5-6,8-11,13,18,20,25H,4,7,12,14-17H2,(H3,31,32)(H,33,36)(H,34,38)/t20-,25?/m1/s1. The molecule has 210 valence electrons. The zero-order chi connectivity index (χ0) is 28.5. The summed E-state index contributed by atoms with van der Waals surface area (Å²) in [4.78, 5) is 41.0. The number of amidine groups is 1. The van der Waals surface area contributed by atoms with E-state index in [1.54, 1.807) is 23.6 Å². The molecule has 1 aliphatic heterocycles. The number of halogens is 1. The molecule has 3 aromatic rings. The van der Waals surface area contributed by atoms with E-state index in [0.29, 0.717) is 25.0 Å². The van der Waals surface area contributed by atoms with Gasteiger partial charge in [-0.25, -0.2) is 4.39 Å². The lowest BCUT2D eigenvalue weighted by atomic mass is 9.96. The smallest absolute Gasteiger partial charge is 0.243 e. The predicted molar refractivity (Wildman–Crippen MR) is 151 cm³/mol. The summed E-state index contributed by atoms with van der Waals surface area (Å²) in [5, 5.41) is 14.8. The molecule has 0 saturated carbocycles. The van der Waals surface area contributed by atoms with Gasteiger partial charge in [0.1, 0.15) is 23.4 Å². The number of nitrogen functional groups attached to an aromatic ring is 1. The molecule has 1 unspecified atom stereocenters.